The summed E-state index contributed by atoms with van der Waals surface area (Å²) in [6.07, 6.45) is -1.70. The van der Waals surface area contributed by atoms with Gasteiger partial charge in [0.15, 0.2) is 13.5 Å². The van der Waals surface area contributed by atoms with Crippen LogP contribution in [0.15, 0.2) is 76.4 Å². The standard InChI is InChI=1S/C22H19FN2O8/c23-18-11-24(14-32-21(28)30-12-16-7-3-1-4-8-16)20(27)25(19(18)26)15-33-22(29)31-13-17-9-5-2-6-10-17/h1-11H,12-15H2. The Bertz CT molecular complexity index is 1210. The molecule has 1 heterocycles. The molecule has 0 atom stereocenters. The van der Waals surface area contributed by atoms with E-state index in [2.05, 4.69) is 0 Å². The van der Waals surface area contributed by atoms with Crippen molar-refractivity contribution in [2.45, 2.75) is 26.7 Å². The average molecular weight is 458 g/mol. The molecule has 0 fully saturated rings. The quantitative estimate of drug-likeness (QED) is 0.474. The van der Waals surface area contributed by atoms with E-state index in [0.717, 1.165) is 0 Å². The lowest BCUT2D eigenvalue weighted by molar-refractivity contribution is 0.0207. The van der Waals surface area contributed by atoms with Gasteiger partial charge in [-0.3, -0.25) is 9.36 Å². The Morgan fingerprint density at radius 1 is 0.727 bits per heavy atom. The van der Waals surface area contributed by atoms with Gasteiger partial charge in [-0.15, -0.1) is 0 Å². The molecule has 1 aromatic heterocycles. The Hall–Kier alpha value is -4.41. The molecule has 0 unspecified atom stereocenters. The van der Waals surface area contributed by atoms with Crippen LogP contribution in [0.2, 0.25) is 0 Å². The fourth-order valence-corrected chi connectivity index (χ4v) is 2.58. The maximum Gasteiger partial charge on any atom is 0.510 e. The third-order valence-electron chi connectivity index (χ3n) is 4.23. The zero-order chi connectivity index (χ0) is 23.6. The summed E-state index contributed by atoms with van der Waals surface area (Å²) in [4.78, 5) is 47.8. The van der Waals surface area contributed by atoms with Gasteiger partial charge in [-0.25, -0.2) is 19.0 Å². The van der Waals surface area contributed by atoms with Crippen LogP contribution in [0.25, 0.3) is 0 Å². The molecule has 0 radical (unpaired) electrons. The van der Waals surface area contributed by atoms with E-state index >= 15 is 0 Å². The van der Waals surface area contributed by atoms with Gasteiger partial charge in [0.1, 0.15) is 13.2 Å². The molecule has 0 aliphatic rings. The molecule has 0 spiro atoms. The molecule has 11 heteroatoms. The molecule has 0 bridgehead atoms. The second-order valence-electron chi connectivity index (χ2n) is 6.56. The fourth-order valence-electron chi connectivity index (χ4n) is 2.58. The van der Waals surface area contributed by atoms with Crippen molar-refractivity contribution in [3.63, 3.8) is 0 Å². The molecule has 0 aliphatic carbocycles. The van der Waals surface area contributed by atoms with Crippen molar-refractivity contribution in [3.8, 4) is 0 Å². The summed E-state index contributed by atoms with van der Waals surface area (Å²) in [7, 11) is 0. The highest BCUT2D eigenvalue weighted by Crippen LogP contribution is 2.03. The number of hydrogen-bond acceptors (Lipinski definition) is 8. The van der Waals surface area contributed by atoms with Crippen LogP contribution in [-0.2, 0) is 45.6 Å². The highest BCUT2D eigenvalue weighted by atomic mass is 19.1. The van der Waals surface area contributed by atoms with Crippen LogP contribution in [0, 0.1) is 5.82 Å². The summed E-state index contributed by atoms with van der Waals surface area (Å²) < 4.78 is 34.2. The lowest BCUT2D eigenvalue weighted by Gasteiger charge is -2.12. The van der Waals surface area contributed by atoms with Crippen molar-refractivity contribution in [3.05, 3.63) is 105 Å². The van der Waals surface area contributed by atoms with Crippen molar-refractivity contribution in [1.82, 2.24) is 9.13 Å². The zero-order valence-electron chi connectivity index (χ0n) is 17.2. The number of carbonyl (C=O) groups is 2. The predicted octanol–water partition coefficient (Wildman–Crippen LogP) is 2.77. The highest BCUT2D eigenvalue weighted by molar-refractivity contribution is 5.60. The van der Waals surface area contributed by atoms with E-state index in [4.69, 9.17) is 18.9 Å². The Kier molecular flexibility index (Phi) is 7.95. The van der Waals surface area contributed by atoms with E-state index in [1.807, 2.05) is 0 Å². The van der Waals surface area contributed by atoms with Crippen molar-refractivity contribution in [1.29, 1.82) is 0 Å². The van der Waals surface area contributed by atoms with E-state index < -0.39 is 42.8 Å². The molecule has 0 saturated carbocycles. The summed E-state index contributed by atoms with van der Waals surface area (Å²) >= 11 is 0. The van der Waals surface area contributed by atoms with Crippen LogP contribution in [-0.4, -0.2) is 21.4 Å². The molecule has 10 nitrogen and oxygen atoms in total. The second kappa shape index (κ2) is 11.3. The van der Waals surface area contributed by atoms with Gasteiger partial charge in [-0.1, -0.05) is 60.7 Å². The largest absolute Gasteiger partial charge is 0.510 e. The van der Waals surface area contributed by atoms with Gasteiger partial charge in [-0.2, -0.15) is 4.39 Å². The van der Waals surface area contributed by atoms with Gasteiger partial charge < -0.3 is 18.9 Å². The SMILES string of the molecule is O=C(OCc1ccccc1)OCn1cc(F)c(=O)n(COC(=O)OCc2ccccc2)c1=O. The molecule has 0 N–H and O–H groups in total. The molecule has 0 aliphatic heterocycles. The van der Waals surface area contributed by atoms with Crippen LogP contribution in [0.4, 0.5) is 14.0 Å². The number of carbonyl (C=O) groups excluding carboxylic acids is 2. The van der Waals surface area contributed by atoms with E-state index in [1.165, 1.54) is 0 Å². The van der Waals surface area contributed by atoms with Gasteiger partial charge in [-0.05, 0) is 11.1 Å². The van der Waals surface area contributed by atoms with Crippen LogP contribution >= 0.6 is 0 Å². The van der Waals surface area contributed by atoms with E-state index in [1.54, 1.807) is 60.7 Å². The number of aromatic nitrogens is 2. The minimum Gasteiger partial charge on any atom is -0.429 e. The maximum absolute atomic E-state index is 14.0. The Labute approximate surface area is 186 Å². The fraction of sp³-hybridized carbons (Fsp3) is 0.182. The number of halogens is 1. The van der Waals surface area contributed by atoms with Gasteiger partial charge >= 0.3 is 18.0 Å². The number of rotatable bonds is 8. The molecule has 33 heavy (non-hydrogen) atoms. The first kappa shape index (κ1) is 23.3. The second-order valence-corrected chi connectivity index (χ2v) is 6.56. The molecular formula is C22H19FN2O8. The van der Waals surface area contributed by atoms with Gasteiger partial charge in [0, 0.05) is 0 Å². The summed E-state index contributed by atoms with van der Waals surface area (Å²) in [5.41, 5.74) is -0.995. The van der Waals surface area contributed by atoms with Crippen molar-refractivity contribution >= 4 is 12.3 Å². The van der Waals surface area contributed by atoms with Crippen LogP contribution in [0.5, 0.6) is 0 Å². The first-order valence-corrected chi connectivity index (χ1v) is 9.61. The molecular weight excluding hydrogens is 439 g/mol. The molecule has 3 rings (SSSR count). The number of benzene rings is 2. The van der Waals surface area contributed by atoms with Crippen LogP contribution in [0.1, 0.15) is 11.1 Å². The van der Waals surface area contributed by atoms with Crippen molar-refractivity contribution in [2.75, 3.05) is 0 Å². The normalized spacial score (nSPS) is 10.3. The van der Waals surface area contributed by atoms with Gasteiger partial charge in [0.25, 0.3) is 5.56 Å². The van der Waals surface area contributed by atoms with Gasteiger partial charge in [0.05, 0.1) is 6.20 Å². The third kappa shape index (κ3) is 6.79. The third-order valence-corrected chi connectivity index (χ3v) is 4.23. The Balaban J connectivity index is 1.56. The molecule has 0 saturated heterocycles. The lowest BCUT2D eigenvalue weighted by atomic mass is 10.2. The predicted molar refractivity (Wildman–Crippen MR) is 110 cm³/mol. The maximum atomic E-state index is 14.0. The average Bonchev–Trinajstić information content (AvgIpc) is 2.84. The summed E-state index contributed by atoms with van der Waals surface area (Å²) in [6.45, 7) is -1.80. The number of nitrogens with zero attached hydrogens (tertiary/aromatic N) is 2. The first-order chi connectivity index (χ1) is 15.9. The number of hydrogen-bond donors (Lipinski definition) is 0. The van der Waals surface area contributed by atoms with Crippen LogP contribution in [0.3, 0.4) is 0 Å². The summed E-state index contributed by atoms with van der Waals surface area (Å²) in [5, 5.41) is 0. The molecule has 2 aromatic carbocycles. The minimum absolute atomic E-state index is 0.0681. The smallest absolute Gasteiger partial charge is 0.429 e. The lowest BCUT2D eigenvalue weighted by Crippen LogP contribution is -2.42. The number of ether oxygens (including phenoxy) is 4. The molecule has 0 amide bonds. The Morgan fingerprint density at radius 2 is 1.21 bits per heavy atom. The van der Waals surface area contributed by atoms with Gasteiger partial charge in [0.2, 0.25) is 5.82 Å². The van der Waals surface area contributed by atoms with Crippen molar-refractivity contribution in [2.24, 2.45) is 0 Å². The van der Waals surface area contributed by atoms with E-state index in [9.17, 15) is 23.6 Å². The van der Waals surface area contributed by atoms with E-state index in [-0.39, 0.29) is 13.2 Å². The topological polar surface area (TPSA) is 115 Å². The highest BCUT2D eigenvalue weighted by Gasteiger charge is 2.15. The first-order valence-electron chi connectivity index (χ1n) is 9.61. The Morgan fingerprint density at radius 3 is 1.73 bits per heavy atom. The molecule has 3 aromatic rings. The monoisotopic (exact) mass is 458 g/mol. The summed E-state index contributed by atoms with van der Waals surface area (Å²) in [5.74, 6) is -1.32. The van der Waals surface area contributed by atoms with Crippen molar-refractivity contribution < 1.29 is 32.9 Å². The molecule has 172 valence electrons. The van der Waals surface area contributed by atoms with E-state index in [0.29, 0.717) is 26.5 Å². The minimum atomic E-state index is -1.32. The van der Waals surface area contributed by atoms with Crippen LogP contribution < -0.4 is 11.2 Å². The summed E-state index contributed by atoms with van der Waals surface area (Å²) in [6, 6.07) is 17.5. The zero-order valence-corrected chi connectivity index (χ0v) is 17.2.